The Kier molecular flexibility index (Phi) is 6.29. The number of hydrogen-bond donors (Lipinski definition) is 1. The van der Waals surface area contributed by atoms with E-state index in [1.807, 2.05) is 6.92 Å². The van der Waals surface area contributed by atoms with Gasteiger partial charge in [-0.25, -0.2) is 9.18 Å². The fraction of sp³-hybridized carbons (Fsp3) is 0.500. The van der Waals surface area contributed by atoms with Crippen LogP contribution >= 0.6 is 0 Å². The van der Waals surface area contributed by atoms with Crippen molar-refractivity contribution in [2.24, 2.45) is 0 Å². The van der Waals surface area contributed by atoms with Gasteiger partial charge in [-0.1, -0.05) is 13.3 Å². The van der Waals surface area contributed by atoms with Crippen LogP contribution in [0.1, 0.15) is 38.4 Å². The number of aliphatic hydroxyl groups excluding tert-OH is 1. The molecular weight excluding hydrogens is 251 g/mol. The molecule has 0 bridgehead atoms. The van der Waals surface area contributed by atoms with Gasteiger partial charge in [-0.05, 0) is 25.5 Å². The number of carbonyl (C=O) groups is 1. The van der Waals surface area contributed by atoms with Crippen LogP contribution in [-0.2, 0) is 9.53 Å². The summed E-state index contributed by atoms with van der Waals surface area (Å²) < 4.78 is 23.2. The smallest absolute Gasteiger partial charge is 0.344 e. The Labute approximate surface area is 112 Å². The van der Waals surface area contributed by atoms with Gasteiger partial charge in [0.25, 0.3) is 0 Å². The average molecular weight is 270 g/mol. The van der Waals surface area contributed by atoms with E-state index in [9.17, 15) is 14.3 Å². The summed E-state index contributed by atoms with van der Waals surface area (Å²) in [6.07, 6.45) is 0.932. The molecule has 0 spiro atoms. The van der Waals surface area contributed by atoms with Crippen LogP contribution in [0.5, 0.6) is 5.75 Å². The minimum Gasteiger partial charge on any atom is -0.481 e. The van der Waals surface area contributed by atoms with Crippen molar-refractivity contribution < 1.29 is 23.8 Å². The van der Waals surface area contributed by atoms with Gasteiger partial charge < -0.3 is 14.6 Å². The number of ether oxygens (including phenoxy) is 2. The van der Waals surface area contributed by atoms with E-state index in [1.54, 1.807) is 6.92 Å². The van der Waals surface area contributed by atoms with Crippen molar-refractivity contribution in [1.29, 1.82) is 0 Å². The Morgan fingerprint density at radius 2 is 2.21 bits per heavy atom. The van der Waals surface area contributed by atoms with E-state index in [0.29, 0.717) is 12.2 Å². The molecule has 0 unspecified atom stereocenters. The quantitative estimate of drug-likeness (QED) is 0.611. The van der Waals surface area contributed by atoms with Gasteiger partial charge in [-0.3, -0.25) is 0 Å². The van der Waals surface area contributed by atoms with E-state index in [4.69, 9.17) is 9.47 Å². The van der Waals surface area contributed by atoms with Crippen molar-refractivity contribution in [1.82, 2.24) is 0 Å². The summed E-state index contributed by atoms with van der Waals surface area (Å²) in [5.74, 6) is -0.838. The van der Waals surface area contributed by atoms with Crippen LogP contribution in [0.3, 0.4) is 0 Å². The number of rotatable bonds is 7. The summed E-state index contributed by atoms with van der Waals surface area (Å²) in [7, 11) is 0. The Bertz CT molecular complexity index is 418. The second-order valence-corrected chi connectivity index (χ2v) is 4.22. The molecule has 19 heavy (non-hydrogen) atoms. The van der Waals surface area contributed by atoms with Crippen LogP contribution in [0.15, 0.2) is 18.2 Å². The predicted octanol–water partition coefficient (Wildman–Crippen LogP) is 2.60. The minimum absolute atomic E-state index is 0.155. The van der Waals surface area contributed by atoms with Crippen LogP contribution < -0.4 is 4.74 Å². The van der Waals surface area contributed by atoms with Crippen molar-refractivity contribution in [2.75, 3.05) is 13.2 Å². The van der Waals surface area contributed by atoms with Crippen molar-refractivity contribution in [3.05, 3.63) is 29.6 Å². The number of unbranched alkanes of at least 4 members (excludes halogenated alkanes) is 1. The van der Waals surface area contributed by atoms with Gasteiger partial charge in [-0.2, -0.15) is 0 Å². The molecule has 0 aliphatic rings. The highest BCUT2D eigenvalue weighted by atomic mass is 19.1. The molecule has 0 aliphatic heterocycles. The molecule has 1 atom stereocenters. The lowest BCUT2D eigenvalue weighted by Gasteiger charge is -2.13. The van der Waals surface area contributed by atoms with Crippen LogP contribution in [-0.4, -0.2) is 24.3 Å². The standard InChI is InChI=1S/C14H19FO4/c1-3-4-7-18-14(17)9-19-13-8-11(15)5-6-12(13)10(2)16/h5-6,8,10,16H,3-4,7,9H2,1-2H3/t10-/m1/s1. The minimum atomic E-state index is -0.799. The monoisotopic (exact) mass is 270 g/mol. The second kappa shape index (κ2) is 7.74. The number of hydrogen-bond acceptors (Lipinski definition) is 4. The molecule has 0 aromatic heterocycles. The molecule has 0 heterocycles. The Balaban J connectivity index is 2.56. The SMILES string of the molecule is CCCCOC(=O)COc1cc(F)ccc1[C@@H](C)O. The lowest BCUT2D eigenvalue weighted by Crippen LogP contribution is -2.16. The first-order valence-corrected chi connectivity index (χ1v) is 6.30. The van der Waals surface area contributed by atoms with Gasteiger partial charge >= 0.3 is 5.97 Å². The Hall–Kier alpha value is -1.62. The van der Waals surface area contributed by atoms with Gasteiger partial charge in [0.2, 0.25) is 0 Å². The van der Waals surface area contributed by atoms with Gasteiger partial charge in [0.1, 0.15) is 11.6 Å². The third-order valence-electron chi connectivity index (χ3n) is 2.53. The molecule has 0 saturated heterocycles. The van der Waals surface area contributed by atoms with E-state index >= 15 is 0 Å². The van der Waals surface area contributed by atoms with E-state index < -0.39 is 17.9 Å². The predicted molar refractivity (Wildman–Crippen MR) is 68.4 cm³/mol. The molecule has 0 saturated carbocycles. The maximum absolute atomic E-state index is 13.1. The zero-order chi connectivity index (χ0) is 14.3. The molecule has 106 valence electrons. The lowest BCUT2D eigenvalue weighted by atomic mass is 10.1. The number of aliphatic hydroxyl groups is 1. The van der Waals surface area contributed by atoms with Gasteiger partial charge in [0.15, 0.2) is 6.61 Å². The summed E-state index contributed by atoms with van der Waals surface area (Å²) in [5.41, 5.74) is 0.433. The number of esters is 1. The second-order valence-electron chi connectivity index (χ2n) is 4.22. The number of carbonyl (C=O) groups excluding carboxylic acids is 1. The normalized spacial score (nSPS) is 12.0. The first-order valence-electron chi connectivity index (χ1n) is 6.30. The summed E-state index contributed by atoms with van der Waals surface area (Å²) in [6, 6.07) is 3.80. The van der Waals surface area contributed by atoms with E-state index in [2.05, 4.69) is 0 Å². The third kappa shape index (κ3) is 5.26. The maximum atomic E-state index is 13.1. The van der Waals surface area contributed by atoms with Crippen molar-refractivity contribution in [3.8, 4) is 5.75 Å². The van der Waals surface area contributed by atoms with Crippen LogP contribution in [0.2, 0.25) is 0 Å². The summed E-state index contributed by atoms with van der Waals surface area (Å²) in [4.78, 5) is 11.4. The van der Waals surface area contributed by atoms with Crippen LogP contribution in [0, 0.1) is 5.82 Å². The summed E-state index contributed by atoms with van der Waals surface area (Å²) >= 11 is 0. The summed E-state index contributed by atoms with van der Waals surface area (Å²) in [6.45, 7) is 3.59. The summed E-state index contributed by atoms with van der Waals surface area (Å²) in [5, 5.41) is 9.52. The van der Waals surface area contributed by atoms with E-state index in [1.165, 1.54) is 12.1 Å². The molecule has 0 amide bonds. The topological polar surface area (TPSA) is 55.8 Å². The molecular formula is C14H19FO4. The molecule has 0 aliphatic carbocycles. The van der Waals surface area contributed by atoms with Crippen molar-refractivity contribution in [2.45, 2.75) is 32.8 Å². The van der Waals surface area contributed by atoms with Gasteiger partial charge in [-0.15, -0.1) is 0 Å². The van der Waals surface area contributed by atoms with Crippen LogP contribution in [0.25, 0.3) is 0 Å². The molecule has 1 N–H and O–H groups in total. The lowest BCUT2D eigenvalue weighted by molar-refractivity contribution is -0.146. The number of benzene rings is 1. The molecule has 5 heteroatoms. The van der Waals surface area contributed by atoms with Crippen LogP contribution in [0.4, 0.5) is 4.39 Å². The average Bonchev–Trinajstić information content (AvgIpc) is 2.36. The fourth-order valence-corrected chi connectivity index (χ4v) is 1.49. The highest BCUT2D eigenvalue weighted by Crippen LogP contribution is 2.25. The van der Waals surface area contributed by atoms with E-state index in [-0.39, 0.29) is 12.4 Å². The largest absolute Gasteiger partial charge is 0.481 e. The molecule has 0 radical (unpaired) electrons. The van der Waals surface area contributed by atoms with Gasteiger partial charge in [0.05, 0.1) is 12.7 Å². The fourth-order valence-electron chi connectivity index (χ4n) is 1.49. The molecule has 4 nitrogen and oxygen atoms in total. The molecule has 1 aromatic rings. The van der Waals surface area contributed by atoms with Gasteiger partial charge in [0, 0.05) is 11.6 Å². The maximum Gasteiger partial charge on any atom is 0.344 e. The molecule has 1 aromatic carbocycles. The zero-order valence-corrected chi connectivity index (χ0v) is 11.2. The Morgan fingerprint density at radius 3 is 2.84 bits per heavy atom. The zero-order valence-electron chi connectivity index (χ0n) is 11.2. The number of halogens is 1. The highest BCUT2D eigenvalue weighted by Gasteiger charge is 2.12. The highest BCUT2D eigenvalue weighted by molar-refractivity contribution is 5.71. The third-order valence-corrected chi connectivity index (χ3v) is 2.53. The van der Waals surface area contributed by atoms with Crippen molar-refractivity contribution in [3.63, 3.8) is 0 Å². The first-order chi connectivity index (χ1) is 9.04. The van der Waals surface area contributed by atoms with Crippen molar-refractivity contribution >= 4 is 5.97 Å². The Morgan fingerprint density at radius 1 is 1.47 bits per heavy atom. The van der Waals surface area contributed by atoms with E-state index in [0.717, 1.165) is 18.9 Å². The molecule has 0 fully saturated rings. The molecule has 1 rings (SSSR count). The first kappa shape index (κ1) is 15.4.